The Labute approximate surface area is 134 Å². The Morgan fingerprint density at radius 1 is 1.04 bits per heavy atom. The number of hydrogen-bond donors (Lipinski definition) is 2. The molecule has 0 unspecified atom stereocenters. The highest BCUT2D eigenvalue weighted by Gasteiger charge is 2.04. The lowest BCUT2D eigenvalue weighted by Gasteiger charge is -2.06. The highest BCUT2D eigenvalue weighted by Crippen LogP contribution is 2.21. The molecule has 0 spiro atoms. The van der Waals surface area contributed by atoms with E-state index in [2.05, 4.69) is 0 Å². The lowest BCUT2D eigenvalue weighted by molar-refractivity contribution is -0.141. The van der Waals surface area contributed by atoms with E-state index < -0.39 is 18.7 Å². The average molecular weight is 314 g/mol. The second kappa shape index (κ2) is 8.73. The van der Waals surface area contributed by atoms with Crippen molar-refractivity contribution in [2.24, 2.45) is 0 Å². The smallest absolute Gasteiger partial charge is 0.330 e. The Morgan fingerprint density at radius 3 is 2.35 bits per heavy atom. The molecule has 0 bridgehead atoms. The minimum absolute atomic E-state index is 0.233. The van der Waals surface area contributed by atoms with E-state index >= 15 is 0 Å². The van der Waals surface area contributed by atoms with Crippen molar-refractivity contribution in [2.75, 3.05) is 13.2 Å². The quantitative estimate of drug-likeness (QED) is 0.606. The lowest BCUT2D eigenvalue weighted by Crippen LogP contribution is -2.21. The lowest BCUT2D eigenvalue weighted by atomic mass is 10.2. The zero-order chi connectivity index (χ0) is 16.5. The molecule has 0 aliphatic rings. The van der Waals surface area contributed by atoms with Gasteiger partial charge in [0, 0.05) is 6.08 Å². The van der Waals surface area contributed by atoms with E-state index in [-0.39, 0.29) is 6.61 Å². The molecule has 0 heterocycles. The number of carbonyl (C=O) groups excluding carboxylic acids is 1. The Morgan fingerprint density at radius 2 is 1.70 bits per heavy atom. The summed E-state index contributed by atoms with van der Waals surface area (Å²) in [5, 5.41) is 17.7. The second-order valence-electron chi connectivity index (χ2n) is 4.78. The van der Waals surface area contributed by atoms with E-state index in [1.807, 2.05) is 42.5 Å². The number of esters is 1. The van der Waals surface area contributed by atoms with Crippen LogP contribution in [0.4, 0.5) is 0 Å². The maximum atomic E-state index is 11.4. The van der Waals surface area contributed by atoms with Gasteiger partial charge in [-0.25, -0.2) is 4.79 Å². The van der Waals surface area contributed by atoms with Crippen molar-refractivity contribution in [3.8, 4) is 11.5 Å². The molecule has 0 fully saturated rings. The van der Waals surface area contributed by atoms with Crippen molar-refractivity contribution in [1.82, 2.24) is 0 Å². The first-order chi connectivity index (χ1) is 11.2. The first-order valence-electron chi connectivity index (χ1n) is 7.14. The summed E-state index contributed by atoms with van der Waals surface area (Å²) in [6, 6.07) is 16.7. The van der Waals surface area contributed by atoms with E-state index in [4.69, 9.17) is 19.7 Å². The van der Waals surface area contributed by atoms with Crippen molar-refractivity contribution in [3.63, 3.8) is 0 Å². The van der Waals surface area contributed by atoms with Crippen LogP contribution in [0.3, 0.4) is 0 Å². The van der Waals surface area contributed by atoms with E-state index in [0.717, 1.165) is 11.3 Å². The molecule has 2 aromatic carbocycles. The fourth-order valence-corrected chi connectivity index (χ4v) is 1.72. The van der Waals surface area contributed by atoms with Gasteiger partial charge < -0.3 is 19.7 Å². The summed E-state index contributed by atoms with van der Waals surface area (Å²) < 4.78 is 10.4. The fourth-order valence-electron chi connectivity index (χ4n) is 1.72. The zero-order valence-electron chi connectivity index (χ0n) is 12.5. The molecule has 0 radical (unpaired) electrons. The third-order valence-corrected chi connectivity index (χ3v) is 2.90. The van der Waals surface area contributed by atoms with Gasteiger partial charge in [-0.1, -0.05) is 30.3 Å². The van der Waals surface area contributed by atoms with E-state index in [9.17, 15) is 4.79 Å². The summed E-state index contributed by atoms with van der Waals surface area (Å²) in [5.41, 5.74) is 0.810. The summed E-state index contributed by atoms with van der Waals surface area (Å²) in [7, 11) is 0. The minimum atomic E-state index is -1.05. The molecule has 5 nitrogen and oxygen atoms in total. The summed E-state index contributed by atoms with van der Waals surface area (Å²) >= 11 is 0. The van der Waals surface area contributed by atoms with Crippen LogP contribution in [0, 0.1) is 0 Å². The van der Waals surface area contributed by atoms with Gasteiger partial charge in [-0.05, 0) is 35.9 Å². The highest BCUT2D eigenvalue weighted by atomic mass is 16.5. The predicted octanol–water partition coefficient (Wildman–Crippen LogP) is 2.39. The van der Waals surface area contributed by atoms with Crippen LogP contribution in [0.15, 0.2) is 60.7 Å². The maximum absolute atomic E-state index is 11.4. The molecule has 0 amide bonds. The van der Waals surface area contributed by atoms with Gasteiger partial charge in [0.15, 0.2) is 0 Å². The van der Waals surface area contributed by atoms with E-state index in [1.54, 1.807) is 18.2 Å². The number of para-hydroxylation sites is 1. The molecule has 0 saturated carbocycles. The molecule has 23 heavy (non-hydrogen) atoms. The molecule has 2 N–H and O–H groups in total. The summed E-state index contributed by atoms with van der Waals surface area (Å²) in [5.74, 6) is 0.867. The van der Waals surface area contributed by atoms with Gasteiger partial charge in [-0.2, -0.15) is 0 Å². The zero-order valence-corrected chi connectivity index (χ0v) is 12.5. The molecule has 2 rings (SSSR count). The van der Waals surface area contributed by atoms with Gasteiger partial charge in [-0.3, -0.25) is 0 Å². The molecular weight excluding hydrogens is 296 g/mol. The molecular formula is C18H18O5. The van der Waals surface area contributed by atoms with Crippen molar-refractivity contribution in [3.05, 3.63) is 66.2 Å². The van der Waals surface area contributed by atoms with Crippen LogP contribution in [0.25, 0.3) is 6.08 Å². The van der Waals surface area contributed by atoms with Crippen LogP contribution in [0.2, 0.25) is 0 Å². The third-order valence-electron chi connectivity index (χ3n) is 2.90. The monoisotopic (exact) mass is 314 g/mol. The van der Waals surface area contributed by atoms with Crippen LogP contribution < -0.4 is 4.74 Å². The van der Waals surface area contributed by atoms with Crippen LogP contribution in [0.1, 0.15) is 5.56 Å². The second-order valence-corrected chi connectivity index (χ2v) is 4.78. The number of ether oxygens (including phenoxy) is 2. The van der Waals surface area contributed by atoms with Crippen molar-refractivity contribution in [1.29, 1.82) is 0 Å². The van der Waals surface area contributed by atoms with Gasteiger partial charge in [0.25, 0.3) is 0 Å². The first-order valence-corrected chi connectivity index (χ1v) is 7.14. The van der Waals surface area contributed by atoms with Gasteiger partial charge in [0.2, 0.25) is 0 Å². The number of hydrogen-bond acceptors (Lipinski definition) is 5. The van der Waals surface area contributed by atoms with Crippen LogP contribution in [-0.4, -0.2) is 35.5 Å². The van der Waals surface area contributed by atoms with Crippen molar-refractivity contribution < 1.29 is 24.5 Å². The predicted molar refractivity (Wildman–Crippen MR) is 86.0 cm³/mol. The number of aliphatic hydroxyl groups is 2. The number of carbonyl (C=O) groups is 1. The molecule has 2 aromatic rings. The molecule has 0 aliphatic carbocycles. The topological polar surface area (TPSA) is 76.0 Å². The summed E-state index contributed by atoms with van der Waals surface area (Å²) in [4.78, 5) is 11.4. The van der Waals surface area contributed by atoms with Crippen molar-refractivity contribution >= 4 is 12.0 Å². The number of benzene rings is 2. The SMILES string of the molecule is O=C(/C=C/c1ccc(Oc2ccccc2)cc1)OC[C@H](O)CO. The highest BCUT2D eigenvalue weighted by molar-refractivity contribution is 5.87. The standard InChI is InChI=1S/C18H18O5/c19-12-15(20)13-22-18(21)11-8-14-6-9-17(10-7-14)23-16-4-2-1-3-5-16/h1-11,15,19-20H,12-13H2/b11-8+/t15-/m1/s1. The van der Waals surface area contributed by atoms with E-state index in [0.29, 0.717) is 5.75 Å². The van der Waals surface area contributed by atoms with Gasteiger partial charge in [-0.15, -0.1) is 0 Å². The Hall–Kier alpha value is -2.63. The van der Waals surface area contributed by atoms with Crippen LogP contribution >= 0.6 is 0 Å². The van der Waals surface area contributed by atoms with Crippen molar-refractivity contribution in [2.45, 2.75) is 6.10 Å². The molecule has 0 saturated heterocycles. The van der Waals surface area contributed by atoms with E-state index in [1.165, 1.54) is 6.08 Å². The molecule has 0 aromatic heterocycles. The van der Waals surface area contributed by atoms with Gasteiger partial charge in [0.1, 0.15) is 24.2 Å². The third kappa shape index (κ3) is 5.94. The normalized spacial score (nSPS) is 12.1. The minimum Gasteiger partial charge on any atom is -0.460 e. The summed E-state index contributed by atoms with van der Waals surface area (Å²) in [6.07, 6.45) is 1.80. The van der Waals surface area contributed by atoms with Gasteiger partial charge >= 0.3 is 5.97 Å². The number of rotatable bonds is 7. The molecule has 5 heteroatoms. The largest absolute Gasteiger partial charge is 0.460 e. The first kappa shape index (κ1) is 16.7. The molecule has 0 aliphatic heterocycles. The Kier molecular flexibility index (Phi) is 6.35. The van der Waals surface area contributed by atoms with Gasteiger partial charge in [0.05, 0.1) is 6.61 Å². The Bertz CT molecular complexity index is 634. The average Bonchev–Trinajstić information content (AvgIpc) is 2.60. The van der Waals surface area contributed by atoms with Crippen LogP contribution in [-0.2, 0) is 9.53 Å². The maximum Gasteiger partial charge on any atom is 0.330 e. The summed E-state index contributed by atoms with van der Waals surface area (Å²) in [6.45, 7) is -0.677. The molecule has 1 atom stereocenters. The molecule has 120 valence electrons. The van der Waals surface area contributed by atoms with Crippen LogP contribution in [0.5, 0.6) is 11.5 Å². The number of aliphatic hydroxyl groups excluding tert-OH is 2. The Balaban J connectivity index is 1.87. The fraction of sp³-hybridized carbons (Fsp3) is 0.167.